The summed E-state index contributed by atoms with van der Waals surface area (Å²) in [6, 6.07) is 0.0196. The Labute approximate surface area is 96.9 Å². The first-order valence-electron chi connectivity index (χ1n) is 4.58. The lowest BCUT2D eigenvalue weighted by atomic mass is 10.3. The SMILES string of the molecule is O=C(O)NC(CI)CN1CCOCC1. The smallest absolute Gasteiger partial charge is 0.404 e. The third-order valence-electron chi connectivity index (χ3n) is 2.10. The maximum absolute atomic E-state index is 10.5. The number of carboxylic acid groups (broad SMARTS) is 1. The van der Waals surface area contributed by atoms with Crippen molar-refractivity contribution in [3.8, 4) is 0 Å². The summed E-state index contributed by atoms with van der Waals surface area (Å²) in [7, 11) is 0. The summed E-state index contributed by atoms with van der Waals surface area (Å²) >= 11 is 2.20. The third-order valence-corrected chi connectivity index (χ3v) is 3.16. The maximum atomic E-state index is 10.5. The minimum Gasteiger partial charge on any atom is -0.465 e. The average molecular weight is 314 g/mol. The third kappa shape index (κ3) is 4.43. The summed E-state index contributed by atoms with van der Waals surface area (Å²) in [4.78, 5) is 12.7. The molecule has 5 nitrogen and oxygen atoms in total. The van der Waals surface area contributed by atoms with Crippen molar-refractivity contribution < 1.29 is 14.6 Å². The molecule has 1 atom stereocenters. The van der Waals surface area contributed by atoms with Crippen molar-refractivity contribution in [2.45, 2.75) is 6.04 Å². The van der Waals surface area contributed by atoms with Gasteiger partial charge in [-0.25, -0.2) is 4.79 Å². The largest absolute Gasteiger partial charge is 0.465 e. The zero-order chi connectivity index (χ0) is 10.4. The van der Waals surface area contributed by atoms with E-state index in [2.05, 4.69) is 32.8 Å². The lowest BCUT2D eigenvalue weighted by molar-refractivity contribution is 0.0348. The van der Waals surface area contributed by atoms with Gasteiger partial charge in [0.15, 0.2) is 0 Å². The molecule has 0 bridgehead atoms. The van der Waals surface area contributed by atoms with Gasteiger partial charge in [-0.1, -0.05) is 22.6 Å². The first kappa shape index (κ1) is 12.0. The number of ether oxygens (including phenoxy) is 1. The van der Waals surface area contributed by atoms with Crippen molar-refractivity contribution in [2.24, 2.45) is 0 Å². The van der Waals surface area contributed by atoms with Gasteiger partial charge in [0.25, 0.3) is 0 Å². The van der Waals surface area contributed by atoms with Crippen LogP contribution in [0, 0.1) is 0 Å². The Morgan fingerprint density at radius 3 is 2.71 bits per heavy atom. The molecule has 1 aliphatic heterocycles. The maximum Gasteiger partial charge on any atom is 0.404 e. The van der Waals surface area contributed by atoms with Crippen molar-refractivity contribution >= 4 is 28.7 Å². The molecule has 2 N–H and O–H groups in total. The van der Waals surface area contributed by atoms with E-state index in [-0.39, 0.29) is 6.04 Å². The number of nitrogens with one attached hydrogen (secondary N) is 1. The molecule has 1 saturated heterocycles. The van der Waals surface area contributed by atoms with Gasteiger partial charge in [-0.3, -0.25) is 4.90 Å². The second-order valence-corrected chi connectivity index (χ2v) is 4.09. The van der Waals surface area contributed by atoms with E-state index in [9.17, 15) is 4.79 Å². The number of alkyl halides is 1. The van der Waals surface area contributed by atoms with Crippen molar-refractivity contribution in [1.29, 1.82) is 0 Å². The van der Waals surface area contributed by atoms with Crippen LogP contribution in [0.25, 0.3) is 0 Å². The molecule has 0 spiro atoms. The van der Waals surface area contributed by atoms with Crippen LogP contribution in [-0.4, -0.2) is 59.4 Å². The second kappa shape index (κ2) is 6.41. The van der Waals surface area contributed by atoms with Gasteiger partial charge in [0.2, 0.25) is 0 Å². The Morgan fingerprint density at radius 2 is 2.21 bits per heavy atom. The van der Waals surface area contributed by atoms with Crippen molar-refractivity contribution in [3.05, 3.63) is 0 Å². The number of carbonyl (C=O) groups is 1. The van der Waals surface area contributed by atoms with Gasteiger partial charge in [-0.15, -0.1) is 0 Å². The Kier molecular flexibility index (Phi) is 5.49. The van der Waals surface area contributed by atoms with Crippen LogP contribution >= 0.6 is 22.6 Å². The van der Waals surface area contributed by atoms with E-state index >= 15 is 0 Å². The van der Waals surface area contributed by atoms with Crippen LogP contribution in [0.1, 0.15) is 0 Å². The Balaban J connectivity index is 2.27. The summed E-state index contributed by atoms with van der Waals surface area (Å²) in [5.74, 6) is 0. The van der Waals surface area contributed by atoms with Crippen LogP contribution in [0.15, 0.2) is 0 Å². The molecule has 1 unspecified atom stereocenters. The molecule has 1 aliphatic rings. The molecule has 0 radical (unpaired) electrons. The number of nitrogens with zero attached hydrogens (tertiary/aromatic N) is 1. The highest BCUT2D eigenvalue weighted by molar-refractivity contribution is 14.1. The van der Waals surface area contributed by atoms with Crippen LogP contribution in [0.2, 0.25) is 0 Å². The summed E-state index contributed by atoms with van der Waals surface area (Å²) in [5.41, 5.74) is 0. The van der Waals surface area contributed by atoms with E-state index in [1.54, 1.807) is 0 Å². The number of hydrogen-bond donors (Lipinski definition) is 2. The van der Waals surface area contributed by atoms with Crippen molar-refractivity contribution in [1.82, 2.24) is 10.2 Å². The van der Waals surface area contributed by atoms with Gasteiger partial charge in [0.05, 0.1) is 19.3 Å². The fourth-order valence-electron chi connectivity index (χ4n) is 1.40. The zero-order valence-corrected chi connectivity index (χ0v) is 10.1. The van der Waals surface area contributed by atoms with E-state index in [1.165, 1.54) is 0 Å². The molecule has 0 saturated carbocycles. The molecule has 0 aromatic carbocycles. The second-order valence-electron chi connectivity index (χ2n) is 3.21. The van der Waals surface area contributed by atoms with Crippen LogP contribution < -0.4 is 5.32 Å². The Morgan fingerprint density at radius 1 is 1.57 bits per heavy atom. The minimum atomic E-state index is -0.945. The molecule has 6 heteroatoms. The fraction of sp³-hybridized carbons (Fsp3) is 0.875. The van der Waals surface area contributed by atoms with E-state index in [0.717, 1.165) is 37.3 Å². The molecular formula is C8H15IN2O3. The van der Waals surface area contributed by atoms with Gasteiger partial charge in [-0.2, -0.15) is 0 Å². The molecule has 1 heterocycles. The summed E-state index contributed by atoms with van der Waals surface area (Å²) < 4.78 is 6.01. The number of morpholine rings is 1. The molecule has 1 fully saturated rings. The normalized spacial score (nSPS) is 20.4. The van der Waals surface area contributed by atoms with Crippen LogP contribution in [0.3, 0.4) is 0 Å². The van der Waals surface area contributed by atoms with E-state index < -0.39 is 6.09 Å². The number of rotatable bonds is 4. The molecule has 0 aliphatic carbocycles. The number of hydrogen-bond acceptors (Lipinski definition) is 3. The molecule has 82 valence electrons. The molecule has 14 heavy (non-hydrogen) atoms. The minimum absolute atomic E-state index is 0.0196. The van der Waals surface area contributed by atoms with E-state index in [1.807, 2.05) is 0 Å². The Hall–Kier alpha value is -0.0800. The lowest BCUT2D eigenvalue weighted by Gasteiger charge is -2.29. The van der Waals surface area contributed by atoms with Gasteiger partial charge in [0.1, 0.15) is 0 Å². The van der Waals surface area contributed by atoms with Crippen molar-refractivity contribution in [2.75, 3.05) is 37.3 Å². The molecule has 1 amide bonds. The first-order chi connectivity index (χ1) is 6.72. The quantitative estimate of drug-likeness (QED) is 0.582. The van der Waals surface area contributed by atoms with Gasteiger partial charge in [0, 0.05) is 24.1 Å². The van der Waals surface area contributed by atoms with Gasteiger partial charge < -0.3 is 15.2 Å². The number of amides is 1. The Bertz CT molecular complexity index is 185. The summed E-state index contributed by atoms with van der Waals surface area (Å²) in [5, 5.41) is 11.1. The average Bonchev–Trinajstić information content (AvgIpc) is 2.17. The predicted octanol–water partition coefficient (Wildman–Crippen LogP) is 0.390. The lowest BCUT2D eigenvalue weighted by Crippen LogP contribution is -2.47. The molecule has 1 rings (SSSR count). The highest BCUT2D eigenvalue weighted by Crippen LogP contribution is 2.01. The standard InChI is InChI=1S/C8H15IN2O3/c9-5-7(10-8(12)13)6-11-1-3-14-4-2-11/h7,10H,1-6H2,(H,12,13). The number of halogens is 1. The van der Waals surface area contributed by atoms with E-state index in [0.29, 0.717) is 0 Å². The van der Waals surface area contributed by atoms with Crippen LogP contribution in [-0.2, 0) is 4.74 Å². The topological polar surface area (TPSA) is 61.8 Å². The summed E-state index contributed by atoms with van der Waals surface area (Å²) in [6.45, 7) is 4.07. The van der Waals surface area contributed by atoms with Gasteiger partial charge >= 0.3 is 6.09 Å². The zero-order valence-electron chi connectivity index (χ0n) is 7.91. The van der Waals surface area contributed by atoms with Crippen molar-refractivity contribution in [3.63, 3.8) is 0 Å². The van der Waals surface area contributed by atoms with Crippen LogP contribution in [0.5, 0.6) is 0 Å². The monoisotopic (exact) mass is 314 g/mol. The predicted molar refractivity (Wildman–Crippen MR) is 61.1 cm³/mol. The highest BCUT2D eigenvalue weighted by Gasteiger charge is 2.16. The molecular weight excluding hydrogens is 299 g/mol. The fourth-order valence-corrected chi connectivity index (χ4v) is 1.90. The highest BCUT2D eigenvalue weighted by atomic mass is 127. The van der Waals surface area contributed by atoms with Gasteiger partial charge in [-0.05, 0) is 0 Å². The first-order valence-corrected chi connectivity index (χ1v) is 6.10. The van der Waals surface area contributed by atoms with Crippen LogP contribution in [0.4, 0.5) is 4.79 Å². The van der Waals surface area contributed by atoms with E-state index in [4.69, 9.17) is 9.84 Å². The molecule has 0 aromatic heterocycles. The summed E-state index contributed by atoms with van der Waals surface area (Å²) in [6.07, 6.45) is -0.945. The molecule has 0 aromatic rings.